The lowest BCUT2D eigenvalue weighted by Gasteiger charge is -2.09. The van der Waals surface area contributed by atoms with Gasteiger partial charge in [0.1, 0.15) is 5.76 Å². The molecule has 4 rings (SSSR count). The highest BCUT2D eigenvalue weighted by Gasteiger charge is 2.32. The van der Waals surface area contributed by atoms with Gasteiger partial charge in [-0.25, -0.2) is 0 Å². The number of aryl methyl sites for hydroxylation is 2. The number of alkyl halides is 3. The fourth-order valence-electron chi connectivity index (χ4n) is 3.41. The molecule has 0 bridgehead atoms. The monoisotopic (exact) mass is 479 g/mol. The van der Waals surface area contributed by atoms with Crippen molar-refractivity contribution in [3.05, 3.63) is 69.9 Å². The number of rotatable bonds is 7. The molecule has 0 amide bonds. The quantitative estimate of drug-likeness (QED) is 0.377. The number of anilines is 1. The van der Waals surface area contributed by atoms with Crippen LogP contribution in [0.4, 0.5) is 19.1 Å². The van der Waals surface area contributed by atoms with E-state index in [2.05, 4.69) is 21.2 Å². The van der Waals surface area contributed by atoms with E-state index in [1.807, 2.05) is 24.3 Å². The molecule has 2 aromatic carbocycles. The highest BCUT2D eigenvalue weighted by Crippen LogP contribution is 2.45. The van der Waals surface area contributed by atoms with Gasteiger partial charge in [-0.3, -0.25) is 0 Å². The van der Waals surface area contributed by atoms with Crippen LogP contribution in [0.15, 0.2) is 57.4 Å². The molecule has 0 spiro atoms. The molecule has 0 aliphatic heterocycles. The average Bonchev–Trinajstić information content (AvgIpc) is 3.46. The second-order valence-corrected chi connectivity index (χ2v) is 8.37. The summed E-state index contributed by atoms with van der Waals surface area (Å²) in [5.74, 6) is 0.632. The van der Waals surface area contributed by atoms with Crippen LogP contribution in [0, 0.1) is 0 Å². The third kappa shape index (κ3) is 4.67. The van der Waals surface area contributed by atoms with Crippen molar-refractivity contribution in [1.29, 1.82) is 0 Å². The number of hydrogen-bond donors (Lipinski definition) is 2. The molecular weight excluding hydrogens is 459 g/mol. The Hall–Kier alpha value is -2.41. The number of nitrogens with one attached hydrogen (secondary N) is 1. The van der Waals surface area contributed by atoms with Crippen molar-refractivity contribution in [2.45, 2.75) is 44.3 Å². The SMILES string of the molecule is Oc1c(CCCc2ccccc2Br)oc(NC2CC2)c1-c1cccc(C(F)(F)F)c1. The van der Waals surface area contributed by atoms with Gasteiger partial charge in [-0.2, -0.15) is 13.2 Å². The minimum Gasteiger partial charge on any atom is -0.504 e. The van der Waals surface area contributed by atoms with Gasteiger partial charge < -0.3 is 14.8 Å². The molecule has 1 saturated carbocycles. The standard InChI is InChI=1S/C23H21BrF3NO2/c24-18-9-2-1-5-14(18)6-4-10-19-21(29)20(22(30-19)28-17-11-12-17)15-7-3-8-16(13-15)23(25,26)27/h1-3,5,7-9,13,17,28-29H,4,6,10-12H2. The Morgan fingerprint density at radius 1 is 1.07 bits per heavy atom. The van der Waals surface area contributed by atoms with E-state index in [0.717, 1.165) is 47.9 Å². The van der Waals surface area contributed by atoms with Crippen LogP contribution in [-0.4, -0.2) is 11.1 Å². The van der Waals surface area contributed by atoms with Crippen molar-refractivity contribution in [3.8, 4) is 16.9 Å². The van der Waals surface area contributed by atoms with Crippen LogP contribution in [0.25, 0.3) is 11.1 Å². The first kappa shape index (κ1) is 20.8. The maximum Gasteiger partial charge on any atom is 0.416 e. The molecule has 30 heavy (non-hydrogen) atoms. The lowest BCUT2D eigenvalue weighted by Crippen LogP contribution is -2.05. The van der Waals surface area contributed by atoms with E-state index in [1.54, 1.807) is 6.07 Å². The predicted molar refractivity (Wildman–Crippen MR) is 114 cm³/mol. The molecule has 2 N–H and O–H groups in total. The maximum atomic E-state index is 13.2. The van der Waals surface area contributed by atoms with Crippen molar-refractivity contribution in [3.63, 3.8) is 0 Å². The van der Waals surface area contributed by atoms with Gasteiger partial charge in [0.15, 0.2) is 5.75 Å². The van der Waals surface area contributed by atoms with E-state index in [0.29, 0.717) is 23.6 Å². The van der Waals surface area contributed by atoms with Gasteiger partial charge in [-0.1, -0.05) is 46.3 Å². The summed E-state index contributed by atoms with van der Waals surface area (Å²) in [6, 6.07) is 13.1. The van der Waals surface area contributed by atoms with Gasteiger partial charge in [-0.05, 0) is 55.0 Å². The third-order valence-corrected chi connectivity index (χ3v) is 5.93. The van der Waals surface area contributed by atoms with Crippen LogP contribution in [0.3, 0.4) is 0 Å². The van der Waals surface area contributed by atoms with Crippen LogP contribution in [0.2, 0.25) is 0 Å². The summed E-state index contributed by atoms with van der Waals surface area (Å²) in [5, 5.41) is 14.0. The van der Waals surface area contributed by atoms with Crippen LogP contribution in [0.1, 0.15) is 36.1 Å². The van der Waals surface area contributed by atoms with Crippen molar-refractivity contribution in [2.24, 2.45) is 0 Å². The van der Waals surface area contributed by atoms with Crippen molar-refractivity contribution < 1.29 is 22.7 Å². The Bertz CT molecular complexity index is 1040. The largest absolute Gasteiger partial charge is 0.504 e. The summed E-state index contributed by atoms with van der Waals surface area (Å²) in [4.78, 5) is 0. The molecule has 1 fully saturated rings. The van der Waals surface area contributed by atoms with E-state index in [4.69, 9.17) is 4.42 Å². The fraction of sp³-hybridized carbons (Fsp3) is 0.304. The Balaban J connectivity index is 1.60. The summed E-state index contributed by atoms with van der Waals surface area (Å²) in [6.07, 6.45) is -0.515. The molecule has 7 heteroatoms. The second-order valence-electron chi connectivity index (χ2n) is 7.52. The Kier molecular flexibility index (Phi) is 5.82. The Morgan fingerprint density at radius 3 is 2.53 bits per heavy atom. The van der Waals surface area contributed by atoms with Gasteiger partial charge in [0.25, 0.3) is 0 Å². The molecule has 1 aliphatic rings. The van der Waals surface area contributed by atoms with Crippen LogP contribution < -0.4 is 5.32 Å². The van der Waals surface area contributed by atoms with Crippen molar-refractivity contribution in [2.75, 3.05) is 5.32 Å². The van der Waals surface area contributed by atoms with E-state index in [1.165, 1.54) is 6.07 Å². The second kappa shape index (κ2) is 8.38. The van der Waals surface area contributed by atoms with Crippen LogP contribution in [-0.2, 0) is 19.0 Å². The van der Waals surface area contributed by atoms with Gasteiger partial charge >= 0.3 is 6.18 Å². The first-order valence-electron chi connectivity index (χ1n) is 9.85. The maximum absolute atomic E-state index is 13.2. The molecule has 0 unspecified atom stereocenters. The molecule has 158 valence electrons. The molecule has 3 aromatic rings. The van der Waals surface area contributed by atoms with Gasteiger partial charge in [0, 0.05) is 16.9 Å². The number of halogens is 4. The summed E-state index contributed by atoms with van der Waals surface area (Å²) >= 11 is 3.53. The third-order valence-electron chi connectivity index (χ3n) is 5.15. The Labute approximate surface area is 181 Å². The molecule has 3 nitrogen and oxygen atoms in total. The summed E-state index contributed by atoms with van der Waals surface area (Å²) < 4.78 is 46.4. The molecule has 1 aliphatic carbocycles. The number of aromatic hydroxyl groups is 1. The Morgan fingerprint density at radius 2 is 1.83 bits per heavy atom. The summed E-state index contributed by atoms with van der Waals surface area (Å²) in [6.45, 7) is 0. The lowest BCUT2D eigenvalue weighted by atomic mass is 10.0. The highest BCUT2D eigenvalue weighted by atomic mass is 79.9. The molecule has 0 radical (unpaired) electrons. The predicted octanol–water partition coefficient (Wildman–Crippen LogP) is 7.18. The number of furan rings is 1. The summed E-state index contributed by atoms with van der Waals surface area (Å²) in [7, 11) is 0. The normalized spacial score (nSPS) is 14.1. The van der Waals surface area contributed by atoms with Crippen LogP contribution in [0.5, 0.6) is 5.75 Å². The summed E-state index contributed by atoms with van der Waals surface area (Å²) in [5.41, 5.74) is 0.974. The lowest BCUT2D eigenvalue weighted by molar-refractivity contribution is -0.137. The van der Waals surface area contributed by atoms with Gasteiger partial charge in [0.2, 0.25) is 5.88 Å². The van der Waals surface area contributed by atoms with Crippen LogP contribution >= 0.6 is 15.9 Å². The number of benzene rings is 2. The molecular formula is C23H21BrF3NO2. The molecule has 1 heterocycles. The average molecular weight is 480 g/mol. The van der Waals surface area contributed by atoms with E-state index in [9.17, 15) is 18.3 Å². The van der Waals surface area contributed by atoms with Gasteiger partial charge in [0.05, 0.1) is 11.1 Å². The zero-order valence-corrected chi connectivity index (χ0v) is 17.7. The molecule has 1 aromatic heterocycles. The zero-order chi connectivity index (χ0) is 21.3. The first-order chi connectivity index (χ1) is 14.3. The van der Waals surface area contributed by atoms with Crippen molar-refractivity contribution >= 4 is 21.8 Å². The highest BCUT2D eigenvalue weighted by molar-refractivity contribution is 9.10. The number of hydrogen-bond acceptors (Lipinski definition) is 3. The van der Waals surface area contributed by atoms with Gasteiger partial charge in [-0.15, -0.1) is 0 Å². The topological polar surface area (TPSA) is 45.4 Å². The van der Waals surface area contributed by atoms with E-state index in [-0.39, 0.29) is 17.4 Å². The minimum absolute atomic E-state index is 0.0930. The minimum atomic E-state index is -4.45. The zero-order valence-electron chi connectivity index (χ0n) is 16.1. The molecule has 0 atom stereocenters. The first-order valence-corrected chi connectivity index (χ1v) is 10.6. The van der Waals surface area contributed by atoms with Crippen molar-refractivity contribution in [1.82, 2.24) is 0 Å². The fourth-order valence-corrected chi connectivity index (χ4v) is 3.90. The molecule has 0 saturated heterocycles. The van der Waals surface area contributed by atoms with E-state index >= 15 is 0 Å². The smallest absolute Gasteiger partial charge is 0.416 e. The van der Waals surface area contributed by atoms with E-state index < -0.39 is 11.7 Å².